The Kier molecular flexibility index (Phi) is 7.81. The molecule has 2 amide bonds. The largest absolute Gasteiger partial charge is 0.386 e. The molecule has 0 rings (SSSR count). The summed E-state index contributed by atoms with van der Waals surface area (Å²) in [6, 6.07) is 0. The van der Waals surface area contributed by atoms with Crippen LogP contribution in [-0.4, -0.2) is 47.2 Å². The predicted octanol–water partition coefficient (Wildman–Crippen LogP) is -3.10. The summed E-state index contributed by atoms with van der Waals surface area (Å²) in [7, 11) is 0. The van der Waals surface area contributed by atoms with E-state index in [1.54, 1.807) is 11.0 Å². The molecule has 0 aliphatic heterocycles. The number of carbonyl (C=O) groups is 4. The molecule has 0 saturated carbocycles. The fourth-order valence-corrected chi connectivity index (χ4v) is 0.598. The number of amides is 2. The molecule has 0 bridgehead atoms. The Labute approximate surface area is 101 Å². The van der Waals surface area contributed by atoms with Crippen LogP contribution in [0.2, 0.25) is 0 Å². The lowest BCUT2D eigenvalue weighted by Crippen LogP contribution is -2.31. The monoisotopic (exact) mass is 264 g/mol. The van der Waals surface area contributed by atoms with E-state index in [1.807, 2.05) is 0 Å². The van der Waals surface area contributed by atoms with E-state index in [-0.39, 0.29) is 0 Å². The number of aliphatic hydroxyl groups is 2. The lowest BCUT2D eigenvalue weighted by atomic mass is 10.3. The van der Waals surface area contributed by atoms with Crippen molar-refractivity contribution in [3.63, 3.8) is 0 Å². The second-order valence-electron chi connectivity index (χ2n) is 2.81. The Morgan fingerprint density at radius 1 is 0.778 bits per heavy atom. The van der Waals surface area contributed by atoms with Crippen LogP contribution in [0.25, 0.3) is 0 Å². The zero-order valence-corrected chi connectivity index (χ0v) is 9.17. The highest BCUT2D eigenvalue weighted by Crippen LogP contribution is 1.93. The zero-order valence-electron chi connectivity index (χ0n) is 9.17. The van der Waals surface area contributed by atoms with Gasteiger partial charge in [-0.1, -0.05) is 0 Å². The maximum Gasteiger partial charge on any atom is 0.332 e. The minimum Gasteiger partial charge on any atom is -0.386 e. The predicted molar refractivity (Wildman–Crippen MR) is 51.9 cm³/mol. The minimum atomic E-state index is -0.928. The van der Waals surface area contributed by atoms with Crippen LogP contribution in [0.4, 0.5) is 0 Å². The Bertz CT molecular complexity index is 297. The fourth-order valence-electron chi connectivity index (χ4n) is 0.598. The molecule has 0 aromatic heterocycles. The number of hydroxylamine groups is 2. The van der Waals surface area contributed by atoms with E-state index in [2.05, 4.69) is 9.68 Å². The summed E-state index contributed by atoms with van der Waals surface area (Å²) in [6.07, 6.45) is -0.806. The van der Waals surface area contributed by atoms with E-state index >= 15 is 0 Å². The Balaban J connectivity index is 3.68. The van der Waals surface area contributed by atoms with Crippen molar-refractivity contribution in [3.8, 4) is 0 Å². The van der Waals surface area contributed by atoms with E-state index in [0.717, 1.165) is 0 Å². The topological polar surface area (TPSA) is 151 Å². The standard InChI is InChI=1S/C8H12N2O8/c11-3-5(13)9-17-7(15)1-2-8(16)18-10-6(14)4-12/h11-12H,1-4H2,(H,9,13)(H,10,14). The zero-order chi connectivity index (χ0) is 14.0. The molecular formula is C8H12N2O8. The summed E-state index contributed by atoms with van der Waals surface area (Å²) in [5.41, 5.74) is 3.24. The molecule has 0 unspecified atom stereocenters. The van der Waals surface area contributed by atoms with Gasteiger partial charge in [0.2, 0.25) is 0 Å². The molecule has 0 aromatic rings. The Morgan fingerprint density at radius 2 is 1.11 bits per heavy atom. The lowest BCUT2D eigenvalue weighted by molar-refractivity contribution is -0.164. The minimum absolute atomic E-state index is 0.403. The van der Waals surface area contributed by atoms with Crippen LogP contribution in [-0.2, 0) is 28.9 Å². The molecule has 0 spiro atoms. The maximum atomic E-state index is 10.9. The van der Waals surface area contributed by atoms with Gasteiger partial charge in [-0.25, -0.2) is 9.59 Å². The van der Waals surface area contributed by atoms with Crippen LogP contribution in [0, 0.1) is 0 Å². The van der Waals surface area contributed by atoms with Crippen LogP contribution >= 0.6 is 0 Å². The van der Waals surface area contributed by atoms with Crippen molar-refractivity contribution in [1.29, 1.82) is 0 Å². The summed E-state index contributed by atoms with van der Waals surface area (Å²) < 4.78 is 0. The SMILES string of the molecule is O=C(CO)NOC(=O)CCC(=O)ONC(=O)CO. The van der Waals surface area contributed by atoms with E-state index in [4.69, 9.17) is 10.2 Å². The molecule has 18 heavy (non-hydrogen) atoms. The molecule has 4 N–H and O–H groups in total. The average molecular weight is 264 g/mol. The van der Waals surface area contributed by atoms with E-state index < -0.39 is 49.8 Å². The lowest BCUT2D eigenvalue weighted by Gasteiger charge is -2.05. The fraction of sp³-hybridized carbons (Fsp3) is 0.500. The second kappa shape index (κ2) is 8.90. The van der Waals surface area contributed by atoms with Gasteiger partial charge in [0.15, 0.2) is 0 Å². The molecule has 0 atom stereocenters. The van der Waals surface area contributed by atoms with Crippen LogP contribution < -0.4 is 11.0 Å². The number of rotatable bonds is 5. The van der Waals surface area contributed by atoms with E-state index in [9.17, 15) is 19.2 Å². The van der Waals surface area contributed by atoms with Crippen molar-refractivity contribution < 1.29 is 39.1 Å². The van der Waals surface area contributed by atoms with Gasteiger partial charge in [-0.05, 0) is 0 Å². The average Bonchev–Trinajstić information content (AvgIpc) is 2.39. The number of hydrogen-bond donors (Lipinski definition) is 4. The normalized spacial score (nSPS) is 9.22. The second-order valence-corrected chi connectivity index (χ2v) is 2.81. The summed E-state index contributed by atoms with van der Waals surface area (Å²) in [5.74, 6) is -3.69. The summed E-state index contributed by atoms with van der Waals surface area (Å²) in [6.45, 7) is -1.69. The van der Waals surface area contributed by atoms with Crippen LogP contribution in [0.15, 0.2) is 0 Å². The van der Waals surface area contributed by atoms with Crippen molar-refractivity contribution in [3.05, 3.63) is 0 Å². The first kappa shape index (κ1) is 15.8. The Morgan fingerprint density at radius 3 is 1.39 bits per heavy atom. The smallest absolute Gasteiger partial charge is 0.332 e. The molecule has 0 aliphatic rings. The maximum absolute atomic E-state index is 10.9. The van der Waals surface area contributed by atoms with E-state index in [0.29, 0.717) is 0 Å². The van der Waals surface area contributed by atoms with Crippen molar-refractivity contribution in [2.24, 2.45) is 0 Å². The van der Waals surface area contributed by atoms with Crippen molar-refractivity contribution >= 4 is 23.8 Å². The molecule has 0 heterocycles. The van der Waals surface area contributed by atoms with Gasteiger partial charge in [-0.2, -0.15) is 11.0 Å². The van der Waals surface area contributed by atoms with Crippen molar-refractivity contribution in [2.45, 2.75) is 12.8 Å². The number of nitrogens with one attached hydrogen (secondary N) is 2. The molecule has 0 radical (unpaired) electrons. The highest BCUT2D eigenvalue weighted by molar-refractivity contribution is 5.81. The first-order valence-electron chi connectivity index (χ1n) is 4.68. The van der Waals surface area contributed by atoms with E-state index in [1.165, 1.54) is 0 Å². The third-order valence-electron chi connectivity index (χ3n) is 1.38. The van der Waals surface area contributed by atoms with Crippen molar-refractivity contribution in [1.82, 2.24) is 11.0 Å². The van der Waals surface area contributed by atoms with Gasteiger partial charge in [-0.15, -0.1) is 0 Å². The molecule has 0 fully saturated rings. The first-order valence-corrected chi connectivity index (χ1v) is 4.68. The highest BCUT2D eigenvalue weighted by atomic mass is 16.7. The van der Waals surface area contributed by atoms with Gasteiger partial charge in [0, 0.05) is 0 Å². The quantitative estimate of drug-likeness (QED) is 0.381. The van der Waals surface area contributed by atoms with Crippen molar-refractivity contribution in [2.75, 3.05) is 13.2 Å². The van der Waals surface area contributed by atoms with Gasteiger partial charge in [0.1, 0.15) is 13.2 Å². The molecule has 10 heteroatoms. The summed E-state index contributed by atoms with van der Waals surface area (Å²) >= 11 is 0. The molecular weight excluding hydrogens is 252 g/mol. The summed E-state index contributed by atoms with van der Waals surface area (Å²) in [4.78, 5) is 51.1. The van der Waals surface area contributed by atoms with Crippen LogP contribution in [0.5, 0.6) is 0 Å². The van der Waals surface area contributed by atoms with Gasteiger partial charge in [0.05, 0.1) is 12.8 Å². The third kappa shape index (κ3) is 8.01. The van der Waals surface area contributed by atoms with Gasteiger partial charge in [0.25, 0.3) is 11.8 Å². The number of carbonyl (C=O) groups excluding carboxylic acids is 4. The molecule has 0 aliphatic carbocycles. The first-order chi connectivity index (χ1) is 8.49. The van der Waals surface area contributed by atoms with Crippen LogP contribution in [0.1, 0.15) is 12.8 Å². The summed E-state index contributed by atoms with van der Waals surface area (Å²) in [5, 5.41) is 16.5. The van der Waals surface area contributed by atoms with Gasteiger partial charge >= 0.3 is 11.9 Å². The third-order valence-corrected chi connectivity index (χ3v) is 1.38. The molecule has 0 saturated heterocycles. The molecule has 0 aromatic carbocycles. The van der Waals surface area contributed by atoms with Gasteiger partial charge < -0.3 is 19.9 Å². The highest BCUT2D eigenvalue weighted by Gasteiger charge is 2.11. The number of aliphatic hydroxyl groups excluding tert-OH is 2. The molecule has 10 nitrogen and oxygen atoms in total. The van der Waals surface area contributed by atoms with Crippen LogP contribution in [0.3, 0.4) is 0 Å². The molecule has 102 valence electrons. The number of hydrogen-bond acceptors (Lipinski definition) is 8. The van der Waals surface area contributed by atoms with Gasteiger partial charge in [-0.3, -0.25) is 9.59 Å². The Hall–Kier alpha value is -2.20.